The molecule has 29 heavy (non-hydrogen) atoms. The Hall–Kier alpha value is -2.42. The number of carbonyl (C=O) groups excluding carboxylic acids is 1. The van der Waals surface area contributed by atoms with Crippen LogP contribution >= 0.6 is 15.9 Å². The van der Waals surface area contributed by atoms with Crippen molar-refractivity contribution in [2.45, 2.75) is 4.90 Å². The van der Waals surface area contributed by atoms with Crippen LogP contribution in [0.4, 0.5) is 0 Å². The smallest absolute Gasteiger partial charge is 0.242 e. The highest BCUT2D eigenvalue weighted by Crippen LogP contribution is 2.37. The van der Waals surface area contributed by atoms with Gasteiger partial charge in [-0.25, -0.2) is 12.7 Å². The van der Waals surface area contributed by atoms with E-state index in [1.165, 1.54) is 51.5 Å². The summed E-state index contributed by atoms with van der Waals surface area (Å²) in [5.74, 6) is 0.820. The van der Waals surface area contributed by atoms with Crippen molar-refractivity contribution >= 4 is 37.8 Å². The van der Waals surface area contributed by atoms with Crippen molar-refractivity contribution in [1.29, 1.82) is 0 Å². The van der Waals surface area contributed by atoms with Gasteiger partial charge in [-0.05, 0) is 64.0 Å². The van der Waals surface area contributed by atoms with Crippen molar-refractivity contribution < 1.29 is 22.7 Å². The zero-order valence-electron chi connectivity index (χ0n) is 16.4. The number of hydrogen-bond donors (Lipinski definition) is 0. The predicted molar refractivity (Wildman–Crippen MR) is 117 cm³/mol. The molecule has 0 spiro atoms. The van der Waals surface area contributed by atoms with Crippen LogP contribution in [0.3, 0.4) is 0 Å². The lowest BCUT2D eigenvalue weighted by atomic mass is 10.1. The van der Waals surface area contributed by atoms with Gasteiger partial charge in [0.15, 0.2) is 17.3 Å². The van der Waals surface area contributed by atoms with Gasteiger partial charge in [0.25, 0.3) is 0 Å². The molecule has 0 aliphatic carbocycles. The fraction of sp³-hybridized carbons (Fsp3) is 0.190. The van der Waals surface area contributed by atoms with E-state index < -0.39 is 10.0 Å². The molecule has 0 aromatic heterocycles. The Morgan fingerprint density at radius 2 is 1.86 bits per heavy atom. The Morgan fingerprint density at radius 1 is 1.21 bits per heavy atom. The van der Waals surface area contributed by atoms with Gasteiger partial charge in [-0.2, -0.15) is 0 Å². The molecule has 2 aromatic rings. The van der Waals surface area contributed by atoms with E-state index in [9.17, 15) is 13.2 Å². The summed E-state index contributed by atoms with van der Waals surface area (Å²) < 4.78 is 36.9. The molecule has 8 heteroatoms. The largest absolute Gasteiger partial charge is 0.493 e. The van der Waals surface area contributed by atoms with Crippen molar-refractivity contribution in [2.75, 3.05) is 27.8 Å². The predicted octanol–water partition coefficient (Wildman–Crippen LogP) is 4.17. The first-order valence-corrected chi connectivity index (χ1v) is 10.8. The number of carbonyl (C=O) groups is 1. The molecule has 0 saturated carbocycles. The van der Waals surface area contributed by atoms with E-state index >= 15 is 0 Å². The van der Waals surface area contributed by atoms with Gasteiger partial charge in [-0.3, -0.25) is 4.79 Å². The van der Waals surface area contributed by atoms with Crippen LogP contribution in [-0.4, -0.2) is 46.3 Å². The van der Waals surface area contributed by atoms with Crippen molar-refractivity contribution in [3.8, 4) is 11.5 Å². The van der Waals surface area contributed by atoms with Gasteiger partial charge in [0.1, 0.15) is 6.61 Å². The van der Waals surface area contributed by atoms with Crippen molar-refractivity contribution in [3.05, 3.63) is 70.7 Å². The molecule has 0 aliphatic rings. The maximum absolute atomic E-state index is 12.4. The van der Waals surface area contributed by atoms with Crippen LogP contribution in [0.25, 0.3) is 6.08 Å². The topological polar surface area (TPSA) is 72.9 Å². The molecule has 0 fully saturated rings. The highest BCUT2D eigenvalue weighted by atomic mass is 79.9. The molecule has 0 aliphatic heterocycles. The molecule has 0 amide bonds. The van der Waals surface area contributed by atoms with Gasteiger partial charge in [0, 0.05) is 19.7 Å². The summed E-state index contributed by atoms with van der Waals surface area (Å²) in [6.07, 6.45) is 4.70. The Balaban J connectivity index is 2.22. The lowest BCUT2D eigenvalue weighted by Crippen LogP contribution is -2.22. The van der Waals surface area contributed by atoms with Gasteiger partial charge >= 0.3 is 0 Å². The Bertz CT molecular complexity index is 1030. The first-order chi connectivity index (χ1) is 13.7. The molecule has 2 rings (SSSR count). The van der Waals surface area contributed by atoms with Crippen LogP contribution in [0.5, 0.6) is 11.5 Å². The van der Waals surface area contributed by atoms with Gasteiger partial charge < -0.3 is 9.47 Å². The molecule has 0 bridgehead atoms. The van der Waals surface area contributed by atoms with Gasteiger partial charge in [0.2, 0.25) is 10.0 Å². The molecule has 154 valence electrons. The quantitative estimate of drug-likeness (QED) is 0.306. The fourth-order valence-corrected chi connectivity index (χ4v) is 3.86. The Labute approximate surface area is 179 Å². The number of rotatable bonds is 9. The standard InChI is InChI=1S/C21H22BrNO5S/c1-5-12-28-21-18(22)13-15(14-20(21)27-4)6-11-19(24)16-7-9-17(10-8-16)29(25,26)23(2)3/h5-11,13-14H,1,12H2,2-4H3/b11-6+. The van der Waals surface area contributed by atoms with E-state index in [0.29, 0.717) is 28.1 Å². The minimum absolute atomic E-state index is 0.131. The molecular weight excluding hydrogens is 458 g/mol. The molecule has 0 unspecified atom stereocenters. The van der Waals surface area contributed by atoms with E-state index in [1.807, 2.05) is 0 Å². The normalized spacial score (nSPS) is 11.6. The van der Waals surface area contributed by atoms with Crippen LogP contribution < -0.4 is 9.47 Å². The van der Waals surface area contributed by atoms with Gasteiger partial charge in [0.05, 0.1) is 16.5 Å². The maximum Gasteiger partial charge on any atom is 0.242 e. The van der Waals surface area contributed by atoms with Crippen molar-refractivity contribution in [3.63, 3.8) is 0 Å². The third-order valence-electron chi connectivity index (χ3n) is 3.94. The SMILES string of the molecule is C=CCOc1c(Br)cc(/C=C/C(=O)c2ccc(S(=O)(=O)N(C)C)cc2)cc1OC. The van der Waals surface area contributed by atoms with Crippen LogP contribution in [-0.2, 0) is 10.0 Å². The number of ether oxygens (including phenoxy) is 2. The first kappa shape index (κ1) is 22.9. The molecule has 0 radical (unpaired) electrons. The van der Waals surface area contributed by atoms with Crippen LogP contribution in [0.15, 0.2) is 64.5 Å². The summed E-state index contributed by atoms with van der Waals surface area (Å²) in [5.41, 5.74) is 1.12. The number of allylic oxidation sites excluding steroid dienone is 1. The van der Waals surface area contributed by atoms with Crippen LogP contribution in [0.1, 0.15) is 15.9 Å². The summed E-state index contributed by atoms with van der Waals surface area (Å²) in [6, 6.07) is 9.37. The zero-order valence-corrected chi connectivity index (χ0v) is 18.8. The minimum atomic E-state index is -3.53. The number of nitrogens with zero attached hydrogens (tertiary/aromatic N) is 1. The fourth-order valence-electron chi connectivity index (χ4n) is 2.39. The third kappa shape index (κ3) is 5.56. The van der Waals surface area contributed by atoms with E-state index in [4.69, 9.17) is 9.47 Å². The maximum atomic E-state index is 12.4. The molecule has 0 saturated heterocycles. The molecule has 0 N–H and O–H groups in total. The lowest BCUT2D eigenvalue weighted by molar-refractivity contribution is 0.104. The van der Waals surface area contributed by atoms with Gasteiger partial charge in [-0.15, -0.1) is 0 Å². The highest BCUT2D eigenvalue weighted by molar-refractivity contribution is 9.10. The number of hydrogen-bond acceptors (Lipinski definition) is 5. The second kappa shape index (κ2) is 9.87. The summed E-state index contributed by atoms with van der Waals surface area (Å²) in [7, 11) is 0.912. The van der Waals surface area contributed by atoms with E-state index in [1.54, 1.807) is 24.3 Å². The average molecular weight is 480 g/mol. The molecule has 0 heterocycles. The molecule has 6 nitrogen and oxygen atoms in total. The van der Waals surface area contributed by atoms with Crippen molar-refractivity contribution in [2.24, 2.45) is 0 Å². The molecule has 2 aromatic carbocycles. The van der Waals surface area contributed by atoms with E-state index in [0.717, 1.165) is 9.87 Å². The number of benzene rings is 2. The summed E-state index contributed by atoms with van der Waals surface area (Å²) in [6.45, 7) is 3.95. The average Bonchev–Trinajstić information content (AvgIpc) is 2.70. The van der Waals surface area contributed by atoms with E-state index in [-0.39, 0.29) is 10.7 Å². The second-order valence-corrected chi connectivity index (χ2v) is 9.15. The third-order valence-corrected chi connectivity index (χ3v) is 6.36. The van der Waals surface area contributed by atoms with Crippen LogP contribution in [0.2, 0.25) is 0 Å². The number of methoxy groups -OCH3 is 1. The zero-order chi connectivity index (χ0) is 21.6. The highest BCUT2D eigenvalue weighted by Gasteiger charge is 2.17. The lowest BCUT2D eigenvalue weighted by Gasteiger charge is -2.12. The Morgan fingerprint density at radius 3 is 2.41 bits per heavy atom. The molecular formula is C21H22BrNO5S. The summed E-state index contributed by atoms with van der Waals surface area (Å²) >= 11 is 3.44. The number of halogens is 1. The summed E-state index contributed by atoms with van der Waals surface area (Å²) in [4.78, 5) is 12.6. The Kier molecular flexibility index (Phi) is 7.78. The minimum Gasteiger partial charge on any atom is -0.493 e. The molecule has 0 atom stereocenters. The second-order valence-electron chi connectivity index (χ2n) is 6.14. The number of ketones is 1. The van der Waals surface area contributed by atoms with Crippen molar-refractivity contribution in [1.82, 2.24) is 4.31 Å². The van der Waals surface area contributed by atoms with Gasteiger partial charge in [-0.1, -0.05) is 18.7 Å². The number of sulfonamides is 1. The van der Waals surface area contributed by atoms with E-state index in [2.05, 4.69) is 22.5 Å². The summed E-state index contributed by atoms with van der Waals surface area (Å²) in [5, 5.41) is 0. The first-order valence-electron chi connectivity index (χ1n) is 8.57. The van der Waals surface area contributed by atoms with Crippen LogP contribution in [0, 0.1) is 0 Å². The monoisotopic (exact) mass is 479 g/mol.